The maximum atomic E-state index is 12.8. The highest BCUT2D eigenvalue weighted by molar-refractivity contribution is 6.06. The Bertz CT molecular complexity index is 1070. The first-order valence-electron chi connectivity index (χ1n) is 10.5. The predicted molar refractivity (Wildman–Crippen MR) is 118 cm³/mol. The van der Waals surface area contributed by atoms with E-state index in [-0.39, 0.29) is 17.7 Å². The van der Waals surface area contributed by atoms with E-state index in [2.05, 4.69) is 10.3 Å². The van der Waals surface area contributed by atoms with E-state index in [4.69, 9.17) is 9.72 Å². The first-order valence-corrected chi connectivity index (χ1v) is 10.5. The molecule has 1 fully saturated rings. The Hall–Kier alpha value is -3.32. The zero-order valence-electron chi connectivity index (χ0n) is 17.6. The van der Waals surface area contributed by atoms with Gasteiger partial charge in [-0.1, -0.05) is 24.3 Å². The lowest BCUT2D eigenvalue weighted by Crippen LogP contribution is -2.30. The number of amides is 2. The Kier molecular flexibility index (Phi) is 6.52. The van der Waals surface area contributed by atoms with E-state index in [0.717, 1.165) is 28.7 Å². The number of methoxy groups -OCH3 is 1. The van der Waals surface area contributed by atoms with Crippen LogP contribution in [0, 0.1) is 0 Å². The quantitative estimate of drug-likeness (QED) is 0.596. The van der Waals surface area contributed by atoms with Crippen molar-refractivity contribution in [2.24, 2.45) is 0 Å². The van der Waals surface area contributed by atoms with E-state index >= 15 is 0 Å². The summed E-state index contributed by atoms with van der Waals surface area (Å²) in [5.74, 6) is 0.0281. The van der Waals surface area contributed by atoms with Gasteiger partial charge in [-0.2, -0.15) is 0 Å². The number of nitrogens with one attached hydrogen (secondary N) is 1. The summed E-state index contributed by atoms with van der Waals surface area (Å²) >= 11 is 0. The van der Waals surface area contributed by atoms with Crippen LogP contribution >= 0.6 is 0 Å². The lowest BCUT2D eigenvalue weighted by molar-refractivity contribution is -0.129. The topological polar surface area (TPSA) is 84.4 Å². The van der Waals surface area contributed by atoms with E-state index in [1.165, 1.54) is 0 Å². The molecule has 0 unspecified atom stereocenters. The number of fused-ring (bicyclic) bond motifs is 1. The van der Waals surface area contributed by atoms with Gasteiger partial charge < -0.3 is 15.0 Å². The van der Waals surface area contributed by atoms with Crippen molar-refractivity contribution in [2.45, 2.75) is 18.8 Å². The van der Waals surface area contributed by atoms with Crippen LogP contribution in [-0.4, -0.2) is 60.0 Å². The number of likely N-dealkylation sites (tertiary alicyclic amines) is 1. The number of aromatic nitrogens is 2. The van der Waals surface area contributed by atoms with Gasteiger partial charge >= 0.3 is 0 Å². The average molecular weight is 418 g/mol. The van der Waals surface area contributed by atoms with Crippen molar-refractivity contribution in [3.05, 3.63) is 71.7 Å². The number of ether oxygens (including phenoxy) is 1. The van der Waals surface area contributed by atoms with Crippen molar-refractivity contribution in [3.8, 4) is 0 Å². The molecule has 1 aliphatic heterocycles. The summed E-state index contributed by atoms with van der Waals surface area (Å²) in [4.78, 5) is 36.5. The molecule has 31 heavy (non-hydrogen) atoms. The summed E-state index contributed by atoms with van der Waals surface area (Å²) in [5, 5.41) is 3.72. The molecule has 1 N–H and O–H groups in total. The number of pyridine rings is 2. The molecule has 160 valence electrons. The Morgan fingerprint density at radius 2 is 2.03 bits per heavy atom. The van der Waals surface area contributed by atoms with E-state index in [9.17, 15) is 9.59 Å². The third-order valence-corrected chi connectivity index (χ3v) is 5.59. The molecule has 0 bridgehead atoms. The monoisotopic (exact) mass is 418 g/mol. The van der Waals surface area contributed by atoms with E-state index < -0.39 is 0 Å². The van der Waals surface area contributed by atoms with Crippen molar-refractivity contribution in [1.29, 1.82) is 0 Å². The molecule has 1 aliphatic rings. The van der Waals surface area contributed by atoms with Gasteiger partial charge in [0.1, 0.15) is 0 Å². The van der Waals surface area contributed by atoms with Crippen LogP contribution in [0.2, 0.25) is 0 Å². The first-order chi connectivity index (χ1) is 15.2. The molecular weight excluding hydrogens is 392 g/mol. The Balaban J connectivity index is 1.53. The number of carbonyl (C=O) groups excluding carboxylic acids is 2. The van der Waals surface area contributed by atoms with Crippen molar-refractivity contribution in [1.82, 2.24) is 20.2 Å². The Labute approximate surface area is 181 Å². The number of hydrogen-bond donors (Lipinski definition) is 1. The van der Waals surface area contributed by atoms with Crippen LogP contribution in [0.25, 0.3) is 10.9 Å². The average Bonchev–Trinajstić information content (AvgIpc) is 3.30. The molecule has 2 aromatic heterocycles. The van der Waals surface area contributed by atoms with Crippen LogP contribution in [0.5, 0.6) is 0 Å². The number of benzene rings is 1. The molecule has 0 spiro atoms. The highest BCUT2D eigenvalue weighted by atomic mass is 16.5. The molecule has 4 rings (SSSR count). The lowest BCUT2D eigenvalue weighted by atomic mass is 9.99. The van der Waals surface area contributed by atoms with Gasteiger partial charge in [0.05, 0.1) is 24.1 Å². The lowest BCUT2D eigenvalue weighted by Gasteiger charge is -2.17. The van der Waals surface area contributed by atoms with Gasteiger partial charge in [0.15, 0.2) is 0 Å². The van der Waals surface area contributed by atoms with E-state index in [0.29, 0.717) is 38.2 Å². The zero-order chi connectivity index (χ0) is 21.6. The second-order valence-electron chi connectivity index (χ2n) is 7.68. The molecule has 1 aromatic carbocycles. The van der Waals surface area contributed by atoms with Crippen LogP contribution in [0.1, 0.15) is 34.1 Å². The third kappa shape index (κ3) is 4.88. The van der Waals surface area contributed by atoms with Crippen LogP contribution in [0.3, 0.4) is 0 Å². The minimum absolute atomic E-state index is 0.0690. The molecule has 0 aliphatic carbocycles. The number of carbonyl (C=O) groups is 2. The number of nitrogens with zero attached hydrogens (tertiary/aromatic N) is 3. The smallest absolute Gasteiger partial charge is 0.252 e. The van der Waals surface area contributed by atoms with E-state index in [1.54, 1.807) is 13.3 Å². The summed E-state index contributed by atoms with van der Waals surface area (Å²) < 4.78 is 5.03. The summed E-state index contributed by atoms with van der Waals surface area (Å²) in [6, 6.07) is 15.1. The van der Waals surface area contributed by atoms with Crippen LogP contribution in [-0.2, 0) is 16.0 Å². The van der Waals surface area contributed by atoms with Gasteiger partial charge in [0.25, 0.3) is 5.91 Å². The minimum atomic E-state index is -0.141. The largest absolute Gasteiger partial charge is 0.383 e. The Morgan fingerprint density at radius 1 is 1.19 bits per heavy atom. The van der Waals surface area contributed by atoms with Crippen LogP contribution in [0.4, 0.5) is 0 Å². The van der Waals surface area contributed by atoms with Gasteiger partial charge in [0.2, 0.25) is 5.91 Å². The number of hydrogen-bond acceptors (Lipinski definition) is 5. The van der Waals surface area contributed by atoms with Crippen molar-refractivity contribution < 1.29 is 14.3 Å². The highest BCUT2D eigenvalue weighted by Gasteiger charge is 2.29. The van der Waals surface area contributed by atoms with Crippen molar-refractivity contribution in [2.75, 3.05) is 33.4 Å². The first kappa shape index (κ1) is 20.9. The van der Waals surface area contributed by atoms with Gasteiger partial charge in [-0.05, 0) is 30.7 Å². The van der Waals surface area contributed by atoms with Crippen molar-refractivity contribution in [3.63, 3.8) is 0 Å². The summed E-state index contributed by atoms with van der Waals surface area (Å²) in [6.45, 7) is 2.18. The molecule has 0 saturated carbocycles. The predicted octanol–water partition coefficient (Wildman–Crippen LogP) is 2.56. The van der Waals surface area contributed by atoms with Gasteiger partial charge in [-0.3, -0.25) is 19.6 Å². The van der Waals surface area contributed by atoms with Crippen LogP contribution in [0.15, 0.2) is 54.7 Å². The molecule has 1 atom stereocenters. The fraction of sp³-hybridized carbons (Fsp3) is 0.333. The molecule has 7 nitrogen and oxygen atoms in total. The van der Waals surface area contributed by atoms with Gasteiger partial charge in [-0.15, -0.1) is 0 Å². The van der Waals surface area contributed by atoms with Crippen LogP contribution < -0.4 is 5.32 Å². The number of rotatable bonds is 7. The summed E-state index contributed by atoms with van der Waals surface area (Å²) in [6.07, 6.45) is 2.82. The summed E-state index contributed by atoms with van der Waals surface area (Å²) in [7, 11) is 1.60. The van der Waals surface area contributed by atoms with Crippen molar-refractivity contribution >= 4 is 22.7 Å². The molecule has 3 aromatic rings. The normalized spacial score (nSPS) is 15.9. The molecule has 1 saturated heterocycles. The van der Waals surface area contributed by atoms with E-state index in [1.807, 2.05) is 53.4 Å². The molecule has 3 heterocycles. The molecule has 2 amide bonds. The summed E-state index contributed by atoms with van der Waals surface area (Å²) in [5.41, 5.74) is 3.02. The molecule has 7 heteroatoms. The fourth-order valence-corrected chi connectivity index (χ4v) is 3.95. The SMILES string of the molecule is COCCNC(=O)c1cc([C@@H]2CCN(C(=O)Cc3ccccn3)C2)nc2ccccc12. The fourth-order valence-electron chi connectivity index (χ4n) is 3.95. The van der Waals surface area contributed by atoms with Gasteiger partial charge in [-0.25, -0.2) is 0 Å². The third-order valence-electron chi connectivity index (χ3n) is 5.59. The molecular formula is C24H26N4O3. The minimum Gasteiger partial charge on any atom is -0.383 e. The standard InChI is InChI=1S/C24H26N4O3/c1-31-13-11-26-24(30)20-15-22(27-21-8-3-2-7-19(20)21)17-9-12-28(16-17)23(29)14-18-6-4-5-10-25-18/h2-8,10,15,17H,9,11-14,16H2,1H3,(H,26,30)/t17-/m1/s1. The number of para-hydroxylation sites is 1. The molecule has 0 radical (unpaired) electrons. The highest BCUT2D eigenvalue weighted by Crippen LogP contribution is 2.29. The second kappa shape index (κ2) is 9.66. The maximum absolute atomic E-state index is 12.8. The van der Waals surface area contributed by atoms with Gasteiger partial charge in [0, 0.05) is 55.6 Å². The Morgan fingerprint density at radius 3 is 2.84 bits per heavy atom. The second-order valence-corrected chi connectivity index (χ2v) is 7.68. The zero-order valence-corrected chi connectivity index (χ0v) is 17.6. The maximum Gasteiger partial charge on any atom is 0.252 e.